The number of nitro groups is 1. The van der Waals surface area contributed by atoms with Gasteiger partial charge in [-0.3, -0.25) is 14.9 Å². The number of nitrogens with zero attached hydrogens (tertiary/aromatic N) is 4. The van der Waals surface area contributed by atoms with Crippen LogP contribution in [0.15, 0.2) is 41.1 Å². The van der Waals surface area contributed by atoms with Gasteiger partial charge in [-0.05, 0) is 23.6 Å². The molecule has 0 N–H and O–H groups in total. The van der Waals surface area contributed by atoms with Crippen molar-refractivity contribution in [1.29, 1.82) is 0 Å². The van der Waals surface area contributed by atoms with Gasteiger partial charge >= 0.3 is 6.18 Å². The molecule has 1 amide bonds. The predicted octanol–water partition coefficient (Wildman–Crippen LogP) is 4.76. The minimum atomic E-state index is -4.66. The minimum Gasteiger partial charge on any atom is -0.362 e. The Kier molecular flexibility index (Phi) is 5.67. The number of hydrogen-bond donors (Lipinski definition) is 0. The molecule has 1 aliphatic rings. The zero-order chi connectivity index (χ0) is 22.2. The summed E-state index contributed by atoms with van der Waals surface area (Å²) in [6.07, 6.45) is -4.66. The molecule has 3 heterocycles. The lowest BCUT2D eigenvalue weighted by Crippen LogP contribution is -2.49. The third-order valence-corrected chi connectivity index (χ3v) is 6.74. The number of hydrogen-bond acceptors (Lipinski definition) is 7. The summed E-state index contributed by atoms with van der Waals surface area (Å²) < 4.78 is 38.7. The molecule has 1 aliphatic heterocycles. The van der Waals surface area contributed by atoms with Gasteiger partial charge in [-0.2, -0.15) is 13.2 Å². The van der Waals surface area contributed by atoms with Crippen LogP contribution >= 0.6 is 22.7 Å². The van der Waals surface area contributed by atoms with Crippen LogP contribution in [0.4, 0.5) is 24.5 Å². The van der Waals surface area contributed by atoms with Crippen LogP contribution in [0.25, 0.3) is 9.88 Å². The lowest BCUT2D eigenvalue weighted by atomic mass is 10.1. The van der Waals surface area contributed by atoms with E-state index in [0.29, 0.717) is 11.8 Å². The van der Waals surface area contributed by atoms with Crippen LogP contribution < -0.4 is 4.90 Å². The van der Waals surface area contributed by atoms with Gasteiger partial charge in [0.05, 0.1) is 15.4 Å². The first kappa shape index (κ1) is 21.2. The number of benzene rings is 1. The van der Waals surface area contributed by atoms with Gasteiger partial charge in [-0.1, -0.05) is 6.07 Å². The predicted molar refractivity (Wildman–Crippen MR) is 112 cm³/mol. The van der Waals surface area contributed by atoms with Gasteiger partial charge in [0.15, 0.2) is 0 Å². The van der Waals surface area contributed by atoms with Crippen molar-refractivity contribution < 1.29 is 22.9 Å². The van der Waals surface area contributed by atoms with Gasteiger partial charge in [-0.15, -0.1) is 22.7 Å². The van der Waals surface area contributed by atoms with E-state index in [0.717, 1.165) is 22.0 Å². The van der Waals surface area contributed by atoms with Gasteiger partial charge in [0.25, 0.3) is 11.6 Å². The molecule has 0 atom stereocenters. The largest absolute Gasteiger partial charge is 0.416 e. The molecular formula is C19H15F3N4O3S2. The SMILES string of the molecule is O=C(c1csc(-c2cccs2)n1)N1CCN(c2ccc(C(F)(F)F)cc2[N+](=O)[O-])CC1. The maximum Gasteiger partial charge on any atom is 0.416 e. The molecule has 0 spiro atoms. The van der Waals surface area contributed by atoms with E-state index in [9.17, 15) is 28.1 Å². The number of piperazine rings is 1. The van der Waals surface area contributed by atoms with Crippen molar-refractivity contribution in [3.63, 3.8) is 0 Å². The first-order valence-electron chi connectivity index (χ1n) is 9.13. The van der Waals surface area contributed by atoms with E-state index in [1.807, 2.05) is 17.5 Å². The smallest absolute Gasteiger partial charge is 0.362 e. The van der Waals surface area contributed by atoms with Crippen LogP contribution in [0.3, 0.4) is 0 Å². The standard InChI is InChI=1S/C19H15F3N4O3S2/c20-19(21,22)12-3-4-14(15(10-12)26(28)29)24-5-7-25(8-6-24)18(27)13-11-31-17(23-13)16-2-1-9-30-16/h1-4,9-11H,5-8H2. The number of nitro benzene ring substituents is 1. The van der Waals surface area contributed by atoms with E-state index >= 15 is 0 Å². The van der Waals surface area contributed by atoms with Crippen molar-refractivity contribution in [2.75, 3.05) is 31.1 Å². The number of aromatic nitrogens is 1. The number of thiazole rings is 1. The Hall–Kier alpha value is -2.99. The third kappa shape index (κ3) is 4.39. The molecule has 4 rings (SSSR count). The van der Waals surface area contributed by atoms with E-state index in [2.05, 4.69) is 4.98 Å². The number of amides is 1. The van der Waals surface area contributed by atoms with Gasteiger partial charge in [0, 0.05) is 37.6 Å². The van der Waals surface area contributed by atoms with Gasteiger partial charge in [0.1, 0.15) is 16.4 Å². The summed E-state index contributed by atoms with van der Waals surface area (Å²) >= 11 is 2.91. The highest BCUT2D eigenvalue weighted by molar-refractivity contribution is 7.20. The summed E-state index contributed by atoms with van der Waals surface area (Å²) in [6, 6.07) is 6.33. The Balaban J connectivity index is 1.46. The first-order valence-corrected chi connectivity index (χ1v) is 10.9. The second-order valence-corrected chi connectivity index (χ2v) is 8.56. The summed E-state index contributed by atoms with van der Waals surface area (Å²) in [5.74, 6) is -0.236. The molecule has 162 valence electrons. The summed E-state index contributed by atoms with van der Waals surface area (Å²) in [5.41, 5.74) is -1.22. The maximum absolute atomic E-state index is 12.9. The van der Waals surface area contributed by atoms with E-state index in [1.165, 1.54) is 22.7 Å². The van der Waals surface area contributed by atoms with E-state index in [4.69, 9.17) is 0 Å². The van der Waals surface area contributed by atoms with Crippen molar-refractivity contribution in [1.82, 2.24) is 9.88 Å². The van der Waals surface area contributed by atoms with Crippen LogP contribution in [0.2, 0.25) is 0 Å². The van der Waals surface area contributed by atoms with Crippen LogP contribution in [0.1, 0.15) is 16.1 Å². The highest BCUT2D eigenvalue weighted by Gasteiger charge is 2.34. The minimum absolute atomic E-state index is 0.110. The zero-order valence-corrected chi connectivity index (χ0v) is 17.5. The number of alkyl halides is 3. The van der Waals surface area contributed by atoms with E-state index in [-0.39, 0.29) is 37.8 Å². The Bertz CT molecular complexity index is 1110. The zero-order valence-electron chi connectivity index (χ0n) is 15.8. The second-order valence-electron chi connectivity index (χ2n) is 6.75. The first-order chi connectivity index (χ1) is 14.7. The average molecular weight is 468 g/mol. The van der Waals surface area contributed by atoms with Crippen molar-refractivity contribution in [3.8, 4) is 9.88 Å². The van der Waals surface area contributed by atoms with Gasteiger partial charge < -0.3 is 9.80 Å². The second kappa shape index (κ2) is 8.27. The Morgan fingerprint density at radius 3 is 2.48 bits per heavy atom. The lowest BCUT2D eigenvalue weighted by molar-refractivity contribution is -0.384. The van der Waals surface area contributed by atoms with Crippen LogP contribution in [0, 0.1) is 10.1 Å². The molecule has 1 saturated heterocycles. The number of rotatable bonds is 4. The molecule has 3 aromatic rings. The summed E-state index contributed by atoms with van der Waals surface area (Å²) in [6.45, 7) is 1.09. The lowest BCUT2D eigenvalue weighted by Gasteiger charge is -2.35. The van der Waals surface area contributed by atoms with E-state index < -0.39 is 22.4 Å². The fourth-order valence-electron chi connectivity index (χ4n) is 3.31. The van der Waals surface area contributed by atoms with Crippen LogP contribution in [-0.2, 0) is 6.18 Å². The molecule has 0 unspecified atom stereocenters. The Morgan fingerprint density at radius 1 is 1.13 bits per heavy atom. The maximum atomic E-state index is 12.9. The average Bonchev–Trinajstić information content (AvgIpc) is 3.44. The molecule has 0 saturated carbocycles. The quantitative estimate of drug-likeness (QED) is 0.407. The number of carbonyl (C=O) groups is 1. The van der Waals surface area contributed by atoms with Crippen molar-refractivity contribution >= 4 is 40.0 Å². The van der Waals surface area contributed by atoms with Crippen molar-refractivity contribution in [2.45, 2.75) is 6.18 Å². The molecule has 1 fully saturated rings. The fraction of sp³-hybridized carbons (Fsp3) is 0.263. The number of carbonyl (C=O) groups excluding carboxylic acids is 1. The molecule has 2 aromatic heterocycles. The molecule has 31 heavy (non-hydrogen) atoms. The Labute approximate surface area is 182 Å². The monoisotopic (exact) mass is 468 g/mol. The third-order valence-electron chi connectivity index (χ3n) is 4.86. The summed E-state index contributed by atoms with van der Waals surface area (Å²) in [5, 5.41) is 15.7. The number of anilines is 1. The van der Waals surface area contributed by atoms with E-state index in [1.54, 1.807) is 15.2 Å². The van der Waals surface area contributed by atoms with Crippen molar-refractivity contribution in [2.24, 2.45) is 0 Å². The molecular weight excluding hydrogens is 453 g/mol. The molecule has 1 aromatic carbocycles. The Morgan fingerprint density at radius 2 is 1.87 bits per heavy atom. The van der Waals surface area contributed by atoms with Crippen molar-refractivity contribution in [3.05, 3.63) is 62.5 Å². The van der Waals surface area contributed by atoms with Crippen LogP contribution in [0.5, 0.6) is 0 Å². The molecule has 12 heteroatoms. The number of thiophene rings is 1. The fourth-order valence-corrected chi connectivity index (χ4v) is 4.92. The van der Waals surface area contributed by atoms with Gasteiger partial charge in [-0.25, -0.2) is 4.98 Å². The van der Waals surface area contributed by atoms with Crippen LogP contribution in [-0.4, -0.2) is 46.9 Å². The summed E-state index contributed by atoms with van der Waals surface area (Å²) in [4.78, 5) is 31.9. The normalized spacial score (nSPS) is 14.7. The summed E-state index contributed by atoms with van der Waals surface area (Å²) in [7, 11) is 0. The highest BCUT2D eigenvalue weighted by atomic mass is 32.1. The number of halogens is 3. The van der Waals surface area contributed by atoms with Gasteiger partial charge in [0.2, 0.25) is 0 Å². The molecule has 0 bridgehead atoms. The topological polar surface area (TPSA) is 79.6 Å². The molecule has 0 aliphatic carbocycles. The highest BCUT2D eigenvalue weighted by Crippen LogP contribution is 2.37. The molecule has 7 nitrogen and oxygen atoms in total. The molecule has 0 radical (unpaired) electrons.